The van der Waals surface area contributed by atoms with E-state index in [-0.39, 0.29) is 34.8 Å². The van der Waals surface area contributed by atoms with Gasteiger partial charge in [0.2, 0.25) is 10.0 Å². The standard InChI is InChI=1S/C20H28N4O5S/c1-14-12-18(24(22-14)20(2,3)4)21-19(25)15-6-7-16(28-5)17(13-15)30(26,27)23-8-10-29-11-9-23/h6-7,12-13H,8-11H2,1-5H3,(H,21,25). The Labute approximate surface area is 177 Å². The van der Waals surface area contributed by atoms with Crippen molar-refractivity contribution in [2.75, 3.05) is 38.7 Å². The molecular formula is C20H28N4O5S. The average molecular weight is 437 g/mol. The first kappa shape index (κ1) is 22.3. The van der Waals surface area contributed by atoms with E-state index in [0.717, 1.165) is 5.69 Å². The van der Waals surface area contributed by atoms with Crippen molar-refractivity contribution in [2.24, 2.45) is 0 Å². The first-order valence-electron chi connectivity index (χ1n) is 9.68. The number of nitrogens with zero attached hydrogens (tertiary/aromatic N) is 3. The number of morpholine rings is 1. The molecule has 0 bridgehead atoms. The molecule has 1 fully saturated rings. The van der Waals surface area contributed by atoms with E-state index in [1.54, 1.807) is 10.7 Å². The van der Waals surface area contributed by atoms with Crippen LogP contribution in [0.25, 0.3) is 0 Å². The van der Waals surface area contributed by atoms with Crippen molar-refractivity contribution < 1.29 is 22.7 Å². The zero-order valence-electron chi connectivity index (χ0n) is 17.9. The molecule has 2 heterocycles. The Morgan fingerprint density at radius 1 is 1.20 bits per heavy atom. The number of sulfonamides is 1. The van der Waals surface area contributed by atoms with Gasteiger partial charge in [-0.15, -0.1) is 0 Å². The van der Waals surface area contributed by atoms with Crippen LogP contribution < -0.4 is 10.1 Å². The monoisotopic (exact) mass is 436 g/mol. The molecule has 1 saturated heterocycles. The predicted octanol–water partition coefficient (Wildman–Crippen LogP) is 2.23. The molecule has 0 atom stereocenters. The minimum Gasteiger partial charge on any atom is -0.495 e. The highest BCUT2D eigenvalue weighted by Crippen LogP contribution is 2.29. The third-order valence-corrected chi connectivity index (χ3v) is 6.64. The summed E-state index contributed by atoms with van der Waals surface area (Å²) in [5, 5.41) is 7.28. The number of nitrogens with one attached hydrogen (secondary N) is 1. The van der Waals surface area contributed by atoms with Gasteiger partial charge >= 0.3 is 0 Å². The Bertz CT molecular complexity index is 1030. The maximum atomic E-state index is 13.1. The number of carbonyl (C=O) groups excluding carboxylic acids is 1. The van der Waals surface area contributed by atoms with Crippen LogP contribution in [0, 0.1) is 6.92 Å². The molecular weight excluding hydrogens is 408 g/mol. The van der Waals surface area contributed by atoms with E-state index in [4.69, 9.17) is 9.47 Å². The van der Waals surface area contributed by atoms with Crippen LogP contribution in [0.3, 0.4) is 0 Å². The topological polar surface area (TPSA) is 103 Å². The molecule has 1 aromatic carbocycles. The summed E-state index contributed by atoms with van der Waals surface area (Å²) >= 11 is 0. The highest BCUT2D eigenvalue weighted by Gasteiger charge is 2.30. The van der Waals surface area contributed by atoms with Gasteiger partial charge in [0, 0.05) is 24.7 Å². The summed E-state index contributed by atoms with van der Waals surface area (Å²) in [7, 11) is -2.43. The largest absolute Gasteiger partial charge is 0.495 e. The SMILES string of the molecule is COc1ccc(C(=O)Nc2cc(C)nn2C(C)(C)C)cc1S(=O)(=O)N1CCOCC1. The summed E-state index contributed by atoms with van der Waals surface area (Å²) in [6, 6.07) is 6.16. The molecule has 1 amide bonds. The third kappa shape index (κ3) is 4.50. The van der Waals surface area contributed by atoms with Gasteiger partial charge in [-0.05, 0) is 45.9 Å². The summed E-state index contributed by atoms with van der Waals surface area (Å²) < 4.78 is 39.8. The van der Waals surface area contributed by atoms with Crippen molar-refractivity contribution in [1.82, 2.24) is 14.1 Å². The second-order valence-electron chi connectivity index (χ2n) is 8.09. The Morgan fingerprint density at radius 2 is 1.87 bits per heavy atom. The first-order chi connectivity index (χ1) is 14.0. The van der Waals surface area contributed by atoms with Gasteiger partial charge in [0.25, 0.3) is 5.91 Å². The molecule has 0 radical (unpaired) electrons. The summed E-state index contributed by atoms with van der Waals surface area (Å²) in [6.07, 6.45) is 0. The second kappa shape index (κ2) is 8.37. The maximum Gasteiger partial charge on any atom is 0.256 e. The van der Waals surface area contributed by atoms with Gasteiger partial charge in [0.05, 0.1) is 31.6 Å². The van der Waals surface area contributed by atoms with Crippen LogP contribution >= 0.6 is 0 Å². The van der Waals surface area contributed by atoms with Crippen molar-refractivity contribution in [3.63, 3.8) is 0 Å². The maximum absolute atomic E-state index is 13.1. The number of hydrogen-bond donors (Lipinski definition) is 1. The summed E-state index contributed by atoms with van der Waals surface area (Å²) in [5.74, 6) is 0.300. The molecule has 30 heavy (non-hydrogen) atoms. The molecule has 1 aliphatic heterocycles. The highest BCUT2D eigenvalue weighted by molar-refractivity contribution is 7.89. The summed E-state index contributed by atoms with van der Waals surface area (Å²) in [4.78, 5) is 12.9. The zero-order valence-corrected chi connectivity index (χ0v) is 18.7. The molecule has 0 saturated carbocycles. The number of methoxy groups -OCH3 is 1. The summed E-state index contributed by atoms with van der Waals surface area (Å²) in [6.45, 7) is 8.96. The van der Waals surface area contributed by atoms with Gasteiger partial charge in [-0.3, -0.25) is 4.79 Å². The fraction of sp³-hybridized carbons (Fsp3) is 0.500. The minimum absolute atomic E-state index is 0.0416. The van der Waals surface area contributed by atoms with Crippen molar-refractivity contribution in [1.29, 1.82) is 0 Å². The van der Waals surface area contributed by atoms with Gasteiger partial charge in [-0.2, -0.15) is 9.40 Å². The van der Waals surface area contributed by atoms with Gasteiger partial charge in [0.15, 0.2) is 0 Å². The molecule has 1 aliphatic rings. The van der Waals surface area contributed by atoms with Crippen molar-refractivity contribution >= 4 is 21.7 Å². The number of hydrogen-bond acceptors (Lipinski definition) is 6. The quantitative estimate of drug-likeness (QED) is 0.771. The van der Waals surface area contributed by atoms with Crippen LogP contribution in [0.2, 0.25) is 0 Å². The number of aryl methyl sites for hydroxylation is 1. The summed E-state index contributed by atoms with van der Waals surface area (Å²) in [5.41, 5.74) is 0.647. The van der Waals surface area contributed by atoms with Crippen LogP contribution in [0.4, 0.5) is 5.82 Å². The van der Waals surface area contributed by atoms with E-state index in [1.807, 2.05) is 27.7 Å². The first-order valence-corrected chi connectivity index (χ1v) is 11.1. The Morgan fingerprint density at radius 3 is 2.47 bits per heavy atom. The van der Waals surface area contributed by atoms with E-state index < -0.39 is 15.9 Å². The predicted molar refractivity (Wildman–Crippen MR) is 112 cm³/mol. The minimum atomic E-state index is -3.83. The van der Waals surface area contributed by atoms with Crippen LogP contribution in [0.15, 0.2) is 29.2 Å². The van der Waals surface area contributed by atoms with Gasteiger partial charge < -0.3 is 14.8 Å². The van der Waals surface area contributed by atoms with Gasteiger partial charge in [-0.1, -0.05) is 0 Å². The Balaban J connectivity index is 1.94. The molecule has 0 aliphatic carbocycles. The van der Waals surface area contributed by atoms with E-state index in [9.17, 15) is 13.2 Å². The van der Waals surface area contributed by atoms with E-state index in [0.29, 0.717) is 19.0 Å². The van der Waals surface area contributed by atoms with E-state index >= 15 is 0 Å². The molecule has 1 aromatic heterocycles. The third-order valence-electron chi connectivity index (χ3n) is 4.72. The number of benzene rings is 1. The number of carbonyl (C=O) groups is 1. The lowest BCUT2D eigenvalue weighted by Gasteiger charge is -2.26. The number of ether oxygens (including phenoxy) is 2. The van der Waals surface area contributed by atoms with Crippen molar-refractivity contribution in [3.8, 4) is 5.75 Å². The lowest BCUT2D eigenvalue weighted by atomic mass is 10.1. The molecule has 2 aromatic rings. The number of aromatic nitrogens is 2. The molecule has 164 valence electrons. The van der Waals surface area contributed by atoms with Crippen LogP contribution in [-0.2, 0) is 20.3 Å². The highest BCUT2D eigenvalue weighted by atomic mass is 32.2. The van der Waals surface area contributed by atoms with E-state index in [1.165, 1.54) is 29.6 Å². The normalized spacial score (nSPS) is 15.8. The molecule has 0 unspecified atom stereocenters. The Hall–Kier alpha value is -2.43. The lowest BCUT2D eigenvalue weighted by Crippen LogP contribution is -2.40. The Kier molecular flexibility index (Phi) is 6.21. The fourth-order valence-corrected chi connectivity index (χ4v) is 4.82. The van der Waals surface area contributed by atoms with Crippen LogP contribution in [-0.4, -0.2) is 61.8 Å². The van der Waals surface area contributed by atoms with Crippen LogP contribution in [0.1, 0.15) is 36.8 Å². The fourth-order valence-electron chi connectivity index (χ4n) is 3.23. The molecule has 1 N–H and O–H groups in total. The lowest BCUT2D eigenvalue weighted by molar-refractivity contribution is 0.0729. The van der Waals surface area contributed by atoms with Crippen molar-refractivity contribution in [3.05, 3.63) is 35.5 Å². The number of amides is 1. The smallest absolute Gasteiger partial charge is 0.256 e. The number of anilines is 1. The molecule has 9 nitrogen and oxygen atoms in total. The zero-order chi connectivity index (χ0) is 22.1. The van der Waals surface area contributed by atoms with Crippen molar-refractivity contribution in [2.45, 2.75) is 38.1 Å². The average Bonchev–Trinajstić information content (AvgIpc) is 3.08. The van der Waals surface area contributed by atoms with E-state index in [2.05, 4.69) is 10.4 Å². The second-order valence-corrected chi connectivity index (χ2v) is 10.00. The molecule has 0 spiro atoms. The van der Waals surface area contributed by atoms with Gasteiger partial charge in [-0.25, -0.2) is 13.1 Å². The molecule has 10 heteroatoms. The van der Waals surface area contributed by atoms with Gasteiger partial charge in [0.1, 0.15) is 16.5 Å². The van der Waals surface area contributed by atoms with Crippen LogP contribution in [0.5, 0.6) is 5.75 Å². The molecule has 3 rings (SSSR count). The number of rotatable bonds is 5.